The molecular weight excluding hydrogens is 240 g/mol. The van der Waals surface area contributed by atoms with Gasteiger partial charge in [0, 0.05) is 17.5 Å². The first-order valence-electron chi connectivity index (χ1n) is 6.29. The SMILES string of the molecule is Cc1ccccc1C(C)NCc1nc(C)c(C)s1. The van der Waals surface area contributed by atoms with Crippen molar-refractivity contribution in [3.63, 3.8) is 0 Å². The average molecular weight is 260 g/mol. The van der Waals surface area contributed by atoms with Crippen molar-refractivity contribution < 1.29 is 0 Å². The number of hydrogen-bond acceptors (Lipinski definition) is 3. The number of hydrogen-bond donors (Lipinski definition) is 1. The number of rotatable bonds is 4. The molecule has 1 heterocycles. The summed E-state index contributed by atoms with van der Waals surface area (Å²) < 4.78 is 0. The van der Waals surface area contributed by atoms with Crippen molar-refractivity contribution in [2.24, 2.45) is 0 Å². The molecule has 1 aromatic carbocycles. The Bertz CT molecular complexity index is 512. The van der Waals surface area contributed by atoms with Gasteiger partial charge >= 0.3 is 0 Å². The number of aromatic nitrogens is 1. The third-order valence-electron chi connectivity index (χ3n) is 3.29. The minimum Gasteiger partial charge on any atom is -0.304 e. The first-order valence-corrected chi connectivity index (χ1v) is 7.11. The molecule has 0 saturated carbocycles. The predicted octanol–water partition coefficient (Wildman–Crippen LogP) is 3.92. The van der Waals surface area contributed by atoms with Gasteiger partial charge in [-0.2, -0.15) is 0 Å². The molecule has 1 aromatic heterocycles. The monoisotopic (exact) mass is 260 g/mol. The number of nitrogens with zero attached hydrogens (tertiary/aromatic N) is 1. The van der Waals surface area contributed by atoms with Crippen LogP contribution in [0.25, 0.3) is 0 Å². The molecule has 0 bridgehead atoms. The first kappa shape index (κ1) is 13.2. The topological polar surface area (TPSA) is 24.9 Å². The molecule has 1 unspecified atom stereocenters. The van der Waals surface area contributed by atoms with Gasteiger partial charge in [-0.25, -0.2) is 4.98 Å². The van der Waals surface area contributed by atoms with Gasteiger partial charge in [0.25, 0.3) is 0 Å². The standard InChI is InChI=1S/C15H20N2S/c1-10-7-5-6-8-14(10)12(3)16-9-15-17-11(2)13(4)18-15/h5-8,12,16H,9H2,1-4H3. The molecule has 2 nitrogen and oxygen atoms in total. The lowest BCUT2D eigenvalue weighted by molar-refractivity contribution is 0.570. The van der Waals surface area contributed by atoms with Crippen molar-refractivity contribution >= 4 is 11.3 Å². The van der Waals surface area contributed by atoms with Gasteiger partial charge in [-0.3, -0.25) is 0 Å². The van der Waals surface area contributed by atoms with Crippen molar-refractivity contribution in [2.75, 3.05) is 0 Å². The zero-order valence-electron chi connectivity index (χ0n) is 11.4. The Kier molecular flexibility index (Phi) is 4.15. The van der Waals surface area contributed by atoms with Gasteiger partial charge in [-0.1, -0.05) is 24.3 Å². The van der Waals surface area contributed by atoms with E-state index in [2.05, 4.69) is 62.3 Å². The largest absolute Gasteiger partial charge is 0.304 e. The highest BCUT2D eigenvalue weighted by Crippen LogP contribution is 2.19. The van der Waals surface area contributed by atoms with Crippen LogP contribution in [0.15, 0.2) is 24.3 Å². The molecular formula is C15H20N2S. The van der Waals surface area contributed by atoms with Crippen LogP contribution in [0.1, 0.15) is 39.7 Å². The summed E-state index contributed by atoms with van der Waals surface area (Å²) in [7, 11) is 0. The zero-order valence-corrected chi connectivity index (χ0v) is 12.3. The van der Waals surface area contributed by atoms with Crippen LogP contribution < -0.4 is 5.32 Å². The molecule has 0 aliphatic rings. The summed E-state index contributed by atoms with van der Waals surface area (Å²) in [6.45, 7) is 9.40. The molecule has 2 rings (SSSR count). The van der Waals surface area contributed by atoms with Gasteiger partial charge in [-0.15, -0.1) is 11.3 Å². The van der Waals surface area contributed by atoms with Gasteiger partial charge in [0.05, 0.1) is 5.69 Å². The highest BCUT2D eigenvalue weighted by Gasteiger charge is 2.09. The van der Waals surface area contributed by atoms with E-state index in [9.17, 15) is 0 Å². The molecule has 1 atom stereocenters. The summed E-state index contributed by atoms with van der Waals surface area (Å²) in [5.74, 6) is 0. The fourth-order valence-electron chi connectivity index (χ4n) is 2.04. The van der Waals surface area contributed by atoms with Crippen LogP contribution in [0, 0.1) is 20.8 Å². The molecule has 0 saturated heterocycles. The fourth-order valence-corrected chi connectivity index (χ4v) is 2.92. The van der Waals surface area contributed by atoms with Gasteiger partial charge in [0.1, 0.15) is 5.01 Å². The second-order valence-corrected chi connectivity index (χ2v) is 6.00. The number of benzene rings is 1. The quantitative estimate of drug-likeness (QED) is 0.901. The van der Waals surface area contributed by atoms with Crippen LogP contribution in [0.4, 0.5) is 0 Å². The van der Waals surface area contributed by atoms with Crippen LogP contribution in [0.3, 0.4) is 0 Å². The minimum atomic E-state index is 0.357. The van der Waals surface area contributed by atoms with Crippen molar-refractivity contribution in [1.29, 1.82) is 0 Å². The lowest BCUT2D eigenvalue weighted by atomic mass is 10.0. The maximum absolute atomic E-state index is 4.55. The predicted molar refractivity (Wildman–Crippen MR) is 78.0 cm³/mol. The van der Waals surface area contributed by atoms with Gasteiger partial charge < -0.3 is 5.32 Å². The molecule has 0 aliphatic carbocycles. The van der Waals surface area contributed by atoms with Gasteiger partial charge in [-0.05, 0) is 38.8 Å². The lowest BCUT2D eigenvalue weighted by Crippen LogP contribution is -2.18. The molecule has 0 fully saturated rings. The molecule has 0 spiro atoms. The Labute approximate surface area is 113 Å². The molecule has 0 amide bonds. The van der Waals surface area contributed by atoms with Gasteiger partial charge in [0.2, 0.25) is 0 Å². The number of nitrogens with one attached hydrogen (secondary N) is 1. The Morgan fingerprint density at radius 1 is 1.22 bits per heavy atom. The van der Waals surface area contributed by atoms with E-state index < -0.39 is 0 Å². The summed E-state index contributed by atoms with van der Waals surface area (Å²) in [4.78, 5) is 5.87. The summed E-state index contributed by atoms with van der Waals surface area (Å²) >= 11 is 1.78. The molecule has 18 heavy (non-hydrogen) atoms. The van der Waals surface area contributed by atoms with E-state index in [0.29, 0.717) is 6.04 Å². The van der Waals surface area contributed by atoms with Gasteiger partial charge in [0.15, 0.2) is 0 Å². The Hall–Kier alpha value is -1.19. The average Bonchev–Trinajstić information content (AvgIpc) is 2.66. The molecule has 1 N–H and O–H groups in total. The Morgan fingerprint density at radius 2 is 1.94 bits per heavy atom. The highest BCUT2D eigenvalue weighted by atomic mass is 32.1. The van der Waals surface area contributed by atoms with Crippen LogP contribution in [-0.2, 0) is 6.54 Å². The molecule has 2 aromatic rings. The first-order chi connectivity index (χ1) is 8.58. The third kappa shape index (κ3) is 2.98. The van der Waals surface area contributed by atoms with E-state index in [-0.39, 0.29) is 0 Å². The molecule has 0 radical (unpaired) electrons. The molecule has 96 valence electrons. The van der Waals surface area contributed by atoms with E-state index in [0.717, 1.165) is 12.2 Å². The summed E-state index contributed by atoms with van der Waals surface area (Å²) in [5, 5.41) is 4.72. The zero-order chi connectivity index (χ0) is 13.1. The van der Waals surface area contributed by atoms with Crippen molar-refractivity contribution in [3.05, 3.63) is 51.0 Å². The van der Waals surface area contributed by atoms with Crippen molar-refractivity contribution in [3.8, 4) is 0 Å². The van der Waals surface area contributed by atoms with Crippen LogP contribution in [0.5, 0.6) is 0 Å². The van der Waals surface area contributed by atoms with Crippen LogP contribution >= 0.6 is 11.3 Å². The highest BCUT2D eigenvalue weighted by molar-refractivity contribution is 7.11. The molecule has 3 heteroatoms. The van der Waals surface area contributed by atoms with E-state index >= 15 is 0 Å². The van der Waals surface area contributed by atoms with E-state index in [1.165, 1.54) is 21.0 Å². The minimum absolute atomic E-state index is 0.357. The third-order valence-corrected chi connectivity index (χ3v) is 4.36. The maximum Gasteiger partial charge on any atom is 0.107 e. The van der Waals surface area contributed by atoms with E-state index in [1.807, 2.05) is 0 Å². The smallest absolute Gasteiger partial charge is 0.107 e. The number of aryl methyl sites for hydroxylation is 3. The van der Waals surface area contributed by atoms with E-state index in [4.69, 9.17) is 0 Å². The normalized spacial score (nSPS) is 12.7. The second-order valence-electron chi connectivity index (χ2n) is 4.71. The summed E-state index contributed by atoms with van der Waals surface area (Å²) in [5.41, 5.74) is 3.85. The fraction of sp³-hybridized carbons (Fsp3) is 0.400. The van der Waals surface area contributed by atoms with Crippen LogP contribution in [-0.4, -0.2) is 4.98 Å². The van der Waals surface area contributed by atoms with Crippen molar-refractivity contribution in [2.45, 2.75) is 40.3 Å². The summed E-state index contributed by atoms with van der Waals surface area (Å²) in [6, 6.07) is 8.88. The maximum atomic E-state index is 4.55. The second kappa shape index (κ2) is 5.63. The Balaban J connectivity index is 2.00. The van der Waals surface area contributed by atoms with Crippen molar-refractivity contribution in [1.82, 2.24) is 10.3 Å². The van der Waals surface area contributed by atoms with E-state index in [1.54, 1.807) is 11.3 Å². The Morgan fingerprint density at radius 3 is 2.56 bits per heavy atom. The summed E-state index contributed by atoms with van der Waals surface area (Å²) in [6.07, 6.45) is 0. The lowest BCUT2D eigenvalue weighted by Gasteiger charge is -2.15. The number of thiazole rings is 1. The van der Waals surface area contributed by atoms with Crippen LogP contribution in [0.2, 0.25) is 0 Å². The molecule has 0 aliphatic heterocycles.